The third-order valence-electron chi connectivity index (χ3n) is 3.73. The third-order valence-corrected chi connectivity index (χ3v) is 3.73. The minimum absolute atomic E-state index is 0.134. The van der Waals surface area contributed by atoms with E-state index in [0.717, 1.165) is 52.4 Å². The van der Waals surface area contributed by atoms with E-state index in [1.54, 1.807) is 0 Å². The molecule has 2 rings (SSSR count). The van der Waals surface area contributed by atoms with Crippen molar-refractivity contribution < 1.29 is 14.7 Å². The Balaban J connectivity index is 1.68. The quantitative estimate of drug-likeness (QED) is 0.612. The molecule has 0 aromatic rings. The van der Waals surface area contributed by atoms with Crippen LogP contribution in [0.5, 0.6) is 0 Å². The molecule has 8 nitrogen and oxygen atoms in total. The molecule has 0 radical (unpaired) electrons. The number of nitrogens with zero attached hydrogens (tertiary/aromatic N) is 3. The summed E-state index contributed by atoms with van der Waals surface area (Å²) in [4.78, 5) is 28.6. The number of amides is 3. The van der Waals surface area contributed by atoms with Gasteiger partial charge < -0.3 is 25.5 Å². The first kappa shape index (κ1) is 14.9. The van der Waals surface area contributed by atoms with Gasteiger partial charge in [-0.25, -0.2) is 9.59 Å². The van der Waals surface area contributed by atoms with Crippen LogP contribution in [0, 0.1) is 0 Å². The van der Waals surface area contributed by atoms with E-state index in [4.69, 9.17) is 5.11 Å². The van der Waals surface area contributed by atoms with E-state index in [1.165, 1.54) is 0 Å². The van der Waals surface area contributed by atoms with Crippen molar-refractivity contribution in [2.45, 2.75) is 0 Å². The maximum Gasteiger partial charge on any atom is 0.404 e. The zero-order valence-electron chi connectivity index (χ0n) is 11.7. The first-order valence-corrected chi connectivity index (χ1v) is 7.10. The van der Waals surface area contributed by atoms with Crippen LogP contribution >= 0.6 is 0 Å². The van der Waals surface area contributed by atoms with Crippen LogP contribution in [0.4, 0.5) is 9.59 Å². The predicted molar refractivity (Wildman–Crippen MR) is 73.9 cm³/mol. The maximum atomic E-state index is 12.3. The fourth-order valence-electron chi connectivity index (χ4n) is 2.54. The van der Waals surface area contributed by atoms with Crippen LogP contribution < -0.4 is 10.6 Å². The Kier molecular flexibility index (Phi) is 5.42. The molecule has 3 N–H and O–H groups in total. The molecule has 0 spiro atoms. The largest absolute Gasteiger partial charge is 0.465 e. The predicted octanol–water partition coefficient (Wildman–Crippen LogP) is -1.10. The van der Waals surface area contributed by atoms with Crippen molar-refractivity contribution in [1.82, 2.24) is 25.3 Å². The van der Waals surface area contributed by atoms with Gasteiger partial charge in [0.2, 0.25) is 0 Å². The molecule has 0 aromatic heterocycles. The van der Waals surface area contributed by atoms with Crippen LogP contribution in [0.2, 0.25) is 0 Å². The van der Waals surface area contributed by atoms with Gasteiger partial charge in [0.1, 0.15) is 0 Å². The second-order valence-corrected chi connectivity index (χ2v) is 5.08. The van der Waals surface area contributed by atoms with Gasteiger partial charge in [-0.1, -0.05) is 0 Å². The molecule has 0 unspecified atom stereocenters. The van der Waals surface area contributed by atoms with Gasteiger partial charge in [0.15, 0.2) is 0 Å². The van der Waals surface area contributed by atoms with E-state index in [-0.39, 0.29) is 6.03 Å². The number of carbonyl (C=O) groups excluding carboxylic acids is 1. The lowest BCUT2D eigenvalue weighted by molar-refractivity contribution is 0.109. The lowest BCUT2D eigenvalue weighted by atomic mass is 10.3. The van der Waals surface area contributed by atoms with E-state index in [0.29, 0.717) is 13.1 Å². The first-order chi connectivity index (χ1) is 9.66. The summed E-state index contributed by atoms with van der Waals surface area (Å²) in [5.74, 6) is 0. The third kappa shape index (κ3) is 4.24. The van der Waals surface area contributed by atoms with E-state index in [9.17, 15) is 9.59 Å². The zero-order chi connectivity index (χ0) is 14.4. The number of hydrogen-bond acceptors (Lipinski definition) is 4. The monoisotopic (exact) mass is 285 g/mol. The van der Waals surface area contributed by atoms with Crippen LogP contribution in [0.25, 0.3) is 0 Å². The van der Waals surface area contributed by atoms with E-state index in [1.807, 2.05) is 9.80 Å². The van der Waals surface area contributed by atoms with Gasteiger partial charge in [-0.2, -0.15) is 0 Å². The fourth-order valence-corrected chi connectivity index (χ4v) is 2.54. The Labute approximate surface area is 118 Å². The summed E-state index contributed by atoms with van der Waals surface area (Å²) >= 11 is 0. The Bertz CT molecular complexity index is 338. The summed E-state index contributed by atoms with van der Waals surface area (Å²) in [6, 6.07) is 0.134. The van der Waals surface area contributed by atoms with Gasteiger partial charge >= 0.3 is 12.1 Å². The normalized spacial score (nSPS) is 20.8. The van der Waals surface area contributed by atoms with Crippen LogP contribution in [0.3, 0.4) is 0 Å². The Morgan fingerprint density at radius 1 is 1.00 bits per heavy atom. The van der Waals surface area contributed by atoms with Gasteiger partial charge in [-0.3, -0.25) is 4.90 Å². The van der Waals surface area contributed by atoms with Crippen molar-refractivity contribution in [3.8, 4) is 0 Å². The lowest BCUT2D eigenvalue weighted by Crippen LogP contribution is -2.56. The number of carbonyl (C=O) groups is 2. The molecule has 0 atom stereocenters. The van der Waals surface area contributed by atoms with Gasteiger partial charge in [-0.15, -0.1) is 0 Å². The molecule has 2 aliphatic rings. The second-order valence-electron chi connectivity index (χ2n) is 5.08. The Morgan fingerprint density at radius 3 is 2.20 bits per heavy atom. The topological polar surface area (TPSA) is 88.1 Å². The van der Waals surface area contributed by atoms with Gasteiger partial charge in [0.05, 0.1) is 0 Å². The molecule has 2 aliphatic heterocycles. The SMILES string of the molecule is O=C(O)NCCN1CCN(C(=O)N2CCNCC2)CC1. The van der Waals surface area contributed by atoms with Crippen LogP contribution in [-0.2, 0) is 0 Å². The van der Waals surface area contributed by atoms with E-state index < -0.39 is 6.09 Å². The highest BCUT2D eigenvalue weighted by molar-refractivity contribution is 5.74. The summed E-state index contributed by atoms with van der Waals surface area (Å²) < 4.78 is 0. The molecule has 114 valence electrons. The average molecular weight is 285 g/mol. The summed E-state index contributed by atoms with van der Waals surface area (Å²) in [5.41, 5.74) is 0. The van der Waals surface area contributed by atoms with Crippen molar-refractivity contribution in [2.24, 2.45) is 0 Å². The van der Waals surface area contributed by atoms with Crippen LogP contribution in [-0.4, -0.2) is 97.4 Å². The highest BCUT2D eigenvalue weighted by atomic mass is 16.4. The van der Waals surface area contributed by atoms with Gasteiger partial charge in [0.25, 0.3) is 0 Å². The van der Waals surface area contributed by atoms with Crippen molar-refractivity contribution in [3.05, 3.63) is 0 Å². The summed E-state index contributed by atoms with van der Waals surface area (Å²) in [7, 11) is 0. The molecule has 0 saturated carbocycles. The average Bonchev–Trinajstić information content (AvgIpc) is 2.48. The highest BCUT2D eigenvalue weighted by Crippen LogP contribution is 2.06. The molecule has 0 aromatic carbocycles. The number of nitrogens with one attached hydrogen (secondary N) is 2. The van der Waals surface area contributed by atoms with Crippen LogP contribution in [0.1, 0.15) is 0 Å². The lowest BCUT2D eigenvalue weighted by Gasteiger charge is -2.38. The van der Waals surface area contributed by atoms with Crippen LogP contribution in [0.15, 0.2) is 0 Å². The molecule has 2 saturated heterocycles. The molecule has 20 heavy (non-hydrogen) atoms. The minimum Gasteiger partial charge on any atom is -0.465 e. The number of urea groups is 1. The second kappa shape index (κ2) is 7.30. The summed E-state index contributed by atoms with van der Waals surface area (Å²) in [6.07, 6.45) is -0.988. The fraction of sp³-hybridized carbons (Fsp3) is 0.833. The highest BCUT2D eigenvalue weighted by Gasteiger charge is 2.25. The molecule has 8 heteroatoms. The molecule has 3 amide bonds. The van der Waals surface area contributed by atoms with Gasteiger partial charge in [-0.05, 0) is 0 Å². The van der Waals surface area contributed by atoms with Gasteiger partial charge in [0, 0.05) is 65.4 Å². The van der Waals surface area contributed by atoms with Crippen molar-refractivity contribution in [1.29, 1.82) is 0 Å². The Hall–Kier alpha value is -1.54. The zero-order valence-corrected chi connectivity index (χ0v) is 11.7. The summed E-state index contributed by atoms with van der Waals surface area (Å²) in [6.45, 7) is 7.47. The molecule has 0 bridgehead atoms. The van der Waals surface area contributed by atoms with E-state index >= 15 is 0 Å². The maximum absolute atomic E-state index is 12.3. The standard InChI is InChI=1S/C12H23N5O3/c18-11(19)14-3-4-15-7-9-17(10-8-15)12(20)16-5-1-13-2-6-16/h13-14H,1-10H2,(H,18,19). The number of piperazine rings is 2. The molecular formula is C12H23N5O3. The minimum atomic E-state index is -0.988. The number of hydrogen-bond donors (Lipinski definition) is 3. The molecular weight excluding hydrogens is 262 g/mol. The first-order valence-electron chi connectivity index (χ1n) is 7.10. The number of rotatable bonds is 3. The van der Waals surface area contributed by atoms with Crippen molar-refractivity contribution in [3.63, 3.8) is 0 Å². The summed E-state index contributed by atoms with van der Waals surface area (Å²) in [5, 5.41) is 14.1. The van der Waals surface area contributed by atoms with Crippen molar-refractivity contribution in [2.75, 3.05) is 65.4 Å². The molecule has 2 heterocycles. The molecule has 0 aliphatic carbocycles. The molecule has 2 fully saturated rings. The number of carboxylic acid groups (broad SMARTS) is 1. The smallest absolute Gasteiger partial charge is 0.404 e. The Morgan fingerprint density at radius 2 is 1.60 bits per heavy atom. The van der Waals surface area contributed by atoms with Crippen molar-refractivity contribution >= 4 is 12.1 Å². The van der Waals surface area contributed by atoms with E-state index in [2.05, 4.69) is 15.5 Å².